The molecule has 0 radical (unpaired) electrons. The number of carboxylic acids is 1. The molecule has 2 aliphatic rings. The number of nitrogens with one attached hydrogen (secondary N) is 4. The Morgan fingerprint density at radius 3 is 1.47 bits per heavy atom. The van der Waals surface area contributed by atoms with Gasteiger partial charge in [0.05, 0.1) is 6.04 Å². The number of carboxylic acid groups (broad SMARTS) is 1. The minimum atomic E-state index is -1.55. The molecule has 0 unspecified atom stereocenters. The van der Waals surface area contributed by atoms with Crippen LogP contribution in [0.1, 0.15) is 97.3 Å². The van der Waals surface area contributed by atoms with Crippen molar-refractivity contribution in [2.75, 3.05) is 13.1 Å². The van der Waals surface area contributed by atoms with Crippen LogP contribution in [-0.2, 0) is 52.7 Å². The number of carbonyl (C=O) groups is 11. The Labute approximate surface area is 340 Å². The summed E-state index contributed by atoms with van der Waals surface area (Å²) in [6.45, 7) is 3.71. The molecule has 2 heterocycles. The Morgan fingerprint density at radius 1 is 0.593 bits per heavy atom. The fourth-order valence-corrected chi connectivity index (χ4v) is 6.77. The van der Waals surface area contributed by atoms with Crippen molar-refractivity contribution in [2.24, 2.45) is 34.6 Å². The summed E-state index contributed by atoms with van der Waals surface area (Å²) < 4.78 is 0. The van der Waals surface area contributed by atoms with Crippen molar-refractivity contribution >= 4 is 65.0 Å². The van der Waals surface area contributed by atoms with Crippen LogP contribution in [0.15, 0.2) is 0 Å². The standard InChI is InChI=1S/C36H59N11O12/c1-3-18(2)29(41)33(55)43-20(9-13-26(38)49)30(52)44-21(10-14-27(39)50)34(56)47-17-5-7-24(47)35(57)46-16-4-6-23(46)32(54)42-19(8-12-25(37)48)31(53)45-22(36(58)59)11-15-28(40)51/h18-24,29H,3-17,41H2,1-2H3,(H2,37,48)(H2,38,49)(H2,39,50)(H2,40,51)(H,42,54)(H,43,55)(H,44,52)(H,45,53)(H,58,59)/t18-,19-,20-,21-,22-,23-,24-,29-/m0/s1. The van der Waals surface area contributed by atoms with E-state index in [0.29, 0.717) is 19.3 Å². The molecule has 59 heavy (non-hydrogen) atoms. The third-order valence-corrected chi connectivity index (χ3v) is 10.4. The van der Waals surface area contributed by atoms with E-state index in [2.05, 4.69) is 21.3 Å². The zero-order valence-electron chi connectivity index (χ0n) is 33.4. The number of hydrogen-bond donors (Lipinski definition) is 10. The maximum Gasteiger partial charge on any atom is 0.326 e. The van der Waals surface area contributed by atoms with Crippen molar-refractivity contribution in [1.29, 1.82) is 0 Å². The molecule has 23 heteroatoms. The van der Waals surface area contributed by atoms with Crippen molar-refractivity contribution < 1.29 is 57.8 Å². The Morgan fingerprint density at radius 2 is 1.00 bits per heavy atom. The fraction of sp³-hybridized carbons (Fsp3) is 0.694. The van der Waals surface area contributed by atoms with Gasteiger partial charge in [0.25, 0.3) is 0 Å². The first-order valence-corrected chi connectivity index (χ1v) is 19.6. The molecule has 0 aromatic rings. The zero-order chi connectivity index (χ0) is 44.6. The monoisotopic (exact) mass is 837 g/mol. The maximum absolute atomic E-state index is 14.1. The van der Waals surface area contributed by atoms with Crippen molar-refractivity contribution in [3.05, 3.63) is 0 Å². The predicted octanol–water partition coefficient (Wildman–Crippen LogP) is -4.57. The van der Waals surface area contributed by atoms with E-state index in [9.17, 15) is 57.8 Å². The van der Waals surface area contributed by atoms with E-state index in [0.717, 1.165) is 0 Å². The van der Waals surface area contributed by atoms with E-state index in [4.69, 9.17) is 28.7 Å². The lowest BCUT2D eigenvalue weighted by molar-refractivity contribution is -0.148. The second-order valence-electron chi connectivity index (χ2n) is 14.9. The molecule has 15 N–H and O–H groups in total. The van der Waals surface area contributed by atoms with Crippen LogP contribution >= 0.6 is 0 Å². The van der Waals surface area contributed by atoms with Crippen molar-refractivity contribution in [3.63, 3.8) is 0 Å². The first-order chi connectivity index (χ1) is 27.7. The van der Waals surface area contributed by atoms with Crippen LogP contribution < -0.4 is 49.9 Å². The van der Waals surface area contributed by atoms with E-state index in [1.54, 1.807) is 6.92 Å². The molecule has 2 rings (SSSR count). The van der Waals surface area contributed by atoms with Gasteiger partial charge in [-0.1, -0.05) is 20.3 Å². The molecule has 2 saturated heterocycles. The molecule has 0 aromatic heterocycles. The van der Waals surface area contributed by atoms with Gasteiger partial charge in [-0.25, -0.2) is 4.79 Å². The number of carbonyl (C=O) groups excluding carboxylic acids is 10. The summed E-state index contributed by atoms with van der Waals surface area (Å²) in [4.78, 5) is 142. The number of nitrogens with two attached hydrogens (primary N) is 5. The summed E-state index contributed by atoms with van der Waals surface area (Å²) >= 11 is 0. The van der Waals surface area contributed by atoms with Gasteiger partial charge in [-0.05, 0) is 57.3 Å². The van der Waals surface area contributed by atoms with Crippen LogP contribution in [0.25, 0.3) is 0 Å². The van der Waals surface area contributed by atoms with Crippen LogP contribution in [0, 0.1) is 5.92 Å². The molecule has 2 fully saturated rings. The van der Waals surface area contributed by atoms with Gasteiger partial charge in [-0.15, -0.1) is 0 Å². The van der Waals surface area contributed by atoms with Crippen LogP contribution in [0.2, 0.25) is 0 Å². The van der Waals surface area contributed by atoms with Crippen LogP contribution in [-0.4, -0.2) is 135 Å². The lowest BCUT2D eigenvalue weighted by Crippen LogP contribution is -2.59. The first-order valence-electron chi connectivity index (χ1n) is 19.6. The van der Waals surface area contributed by atoms with Gasteiger partial charge >= 0.3 is 5.97 Å². The molecule has 0 aromatic carbocycles. The highest BCUT2D eigenvalue weighted by atomic mass is 16.4. The van der Waals surface area contributed by atoms with Crippen molar-refractivity contribution in [3.8, 4) is 0 Å². The highest BCUT2D eigenvalue weighted by Crippen LogP contribution is 2.26. The number of primary amides is 4. The predicted molar refractivity (Wildman–Crippen MR) is 206 cm³/mol. The summed E-state index contributed by atoms with van der Waals surface area (Å²) in [7, 11) is 0. The van der Waals surface area contributed by atoms with Crippen LogP contribution in [0.3, 0.4) is 0 Å². The molecule has 0 spiro atoms. The molecule has 8 atom stereocenters. The smallest absolute Gasteiger partial charge is 0.326 e. The number of hydrogen-bond acceptors (Lipinski definition) is 12. The Kier molecular flexibility index (Phi) is 19.6. The number of aliphatic carboxylic acids is 1. The van der Waals surface area contributed by atoms with Gasteiger partial charge in [-0.3, -0.25) is 47.9 Å². The number of amides is 10. The molecular formula is C36H59N11O12. The molecular weight excluding hydrogens is 778 g/mol. The average molecular weight is 838 g/mol. The highest BCUT2D eigenvalue weighted by Gasteiger charge is 2.44. The molecule has 330 valence electrons. The maximum atomic E-state index is 14.1. The summed E-state index contributed by atoms with van der Waals surface area (Å²) in [5, 5.41) is 19.3. The third-order valence-electron chi connectivity index (χ3n) is 10.4. The van der Waals surface area contributed by atoms with Gasteiger partial charge < -0.3 is 64.8 Å². The minimum absolute atomic E-state index is 0.0599. The van der Waals surface area contributed by atoms with Gasteiger partial charge in [-0.2, -0.15) is 0 Å². The lowest BCUT2D eigenvalue weighted by atomic mass is 9.98. The van der Waals surface area contributed by atoms with Crippen molar-refractivity contribution in [2.45, 2.75) is 140 Å². The molecule has 23 nitrogen and oxygen atoms in total. The summed E-state index contributed by atoms with van der Waals surface area (Å²) in [6, 6.07) is -9.04. The number of likely N-dealkylation sites (tertiary alicyclic amines) is 2. The lowest BCUT2D eigenvalue weighted by Gasteiger charge is -2.33. The SMILES string of the molecule is CC[C@H](C)[C@H](N)C(=O)N[C@@H](CCC(N)=O)C(=O)N[C@@H](CCC(N)=O)C(=O)N1CCC[C@H]1C(=O)N1CCC[C@H]1C(=O)N[C@@H](CCC(N)=O)C(=O)N[C@@H](CCC(N)=O)C(=O)O. The molecule has 0 bridgehead atoms. The quantitative estimate of drug-likeness (QED) is 0.0415. The second kappa shape index (κ2) is 23.5. The van der Waals surface area contributed by atoms with E-state index in [-0.39, 0.29) is 83.2 Å². The topological polar surface area (TPSA) is 393 Å². The van der Waals surface area contributed by atoms with Crippen LogP contribution in [0.4, 0.5) is 0 Å². The highest BCUT2D eigenvalue weighted by molar-refractivity contribution is 5.98. The van der Waals surface area contributed by atoms with E-state index in [1.807, 2.05) is 6.92 Å². The fourth-order valence-electron chi connectivity index (χ4n) is 6.77. The second-order valence-corrected chi connectivity index (χ2v) is 14.9. The molecule has 0 aliphatic carbocycles. The average Bonchev–Trinajstić information content (AvgIpc) is 3.87. The van der Waals surface area contributed by atoms with Crippen LogP contribution in [0.5, 0.6) is 0 Å². The normalized spacial score (nSPS) is 19.2. The number of nitrogens with zero attached hydrogens (tertiary/aromatic N) is 2. The molecule has 10 amide bonds. The first kappa shape index (κ1) is 49.3. The molecule has 0 saturated carbocycles. The van der Waals surface area contributed by atoms with Crippen molar-refractivity contribution in [1.82, 2.24) is 31.1 Å². The zero-order valence-corrected chi connectivity index (χ0v) is 33.4. The van der Waals surface area contributed by atoms with Gasteiger partial charge in [0.15, 0.2) is 0 Å². The van der Waals surface area contributed by atoms with E-state index < -0.39 is 107 Å². The van der Waals surface area contributed by atoms with Gasteiger partial charge in [0.1, 0.15) is 36.3 Å². The Hall–Kier alpha value is -5.87. The summed E-state index contributed by atoms with van der Waals surface area (Å²) in [5.74, 6) is -9.62. The Balaban J connectivity index is 2.30. The third kappa shape index (κ3) is 15.4. The number of rotatable bonds is 25. The van der Waals surface area contributed by atoms with Gasteiger partial charge in [0, 0.05) is 38.8 Å². The molecule has 2 aliphatic heterocycles. The van der Waals surface area contributed by atoms with Gasteiger partial charge in [0.2, 0.25) is 59.1 Å². The summed E-state index contributed by atoms with van der Waals surface area (Å²) in [6.07, 6.45) is -1.00. The minimum Gasteiger partial charge on any atom is -0.480 e. The summed E-state index contributed by atoms with van der Waals surface area (Å²) in [5.41, 5.74) is 27.1. The van der Waals surface area contributed by atoms with E-state index in [1.165, 1.54) is 9.80 Å². The largest absolute Gasteiger partial charge is 0.480 e. The Bertz CT molecular complexity index is 1610. The van der Waals surface area contributed by atoms with E-state index >= 15 is 0 Å².